The van der Waals surface area contributed by atoms with E-state index in [4.69, 9.17) is 11.6 Å². The Bertz CT molecular complexity index is 920. The van der Waals surface area contributed by atoms with Crippen molar-refractivity contribution in [1.82, 2.24) is 4.90 Å². The van der Waals surface area contributed by atoms with Crippen LogP contribution in [0.1, 0.15) is 18.4 Å². The average Bonchev–Trinajstić information content (AvgIpc) is 3.03. The largest absolute Gasteiger partial charge is 0.368 e. The molecule has 146 valence electrons. The fraction of sp³-hybridized carbons (Fsp3) is 0.412. The molecule has 0 aliphatic carbocycles. The Morgan fingerprint density at radius 2 is 1.93 bits per heavy atom. The van der Waals surface area contributed by atoms with Crippen LogP contribution in [0.3, 0.4) is 0 Å². The van der Waals surface area contributed by atoms with Gasteiger partial charge >= 0.3 is 5.69 Å². The molecule has 1 aromatic carbocycles. The van der Waals surface area contributed by atoms with Gasteiger partial charge in [-0.15, -0.1) is 0 Å². The number of piperidine rings is 1. The molecule has 1 saturated heterocycles. The quantitative estimate of drug-likeness (QED) is 0.554. The number of thiophene rings is 1. The molecule has 0 bridgehead atoms. The molecule has 10 heteroatoms. The van der Waals surface area contributed by atoms with E-state index in [2.05, 4.69) is 10.2 Å². The van der Waals surface area contributed by atoms with Crippen molar-refractivity contribution in [3.63, 3.8) is 0 Å². The summed E-state index contributed by atoms with van der Waals surface area (Å²) in [6, 6.07) is 8.98. The molecule has 27 heavy (non-hydrogen) atoms. The SMILES string of the molecule is CS(=O)(=O)c1cc([N+](=O)[O-])c(NC2CCN(Cc3ccc(Cl)cc3)CC2)s1. The second-order valence-corrected chi connectivity index (χ2v) is 10.4. The number of halogens is 1. The highest BCUT2D eigenvalue weighted by atomic mass is 35.5. The average molecular weight is 430 g/mol. The van der Waals surface area contributed by atoms with E-state index in [1.165, 1.54) is 5.56 Å². The fourth-order valence-corrected chi connectivity index (χ4v) is 5.19. The fourth-order valence-electron chi connectivity index (χ4n) is 3.05. The standard InChI is InChI=1S/C17H20ClN3O4S2/c1-27(24,25)16-10-15(21(22)23)17(26-16)19-14-6-8-20(9-7-14)11-12-2-4-13(18)5-3-12/h2-5,10,14,19H,6-9,11H2,1H3. The monoisotopic (exact) mass is 429 g/mol. The lowest BCUT2D eigenvalue weighted by molar-refractivity contribution is -0.383. The lowest BCUT2D eigenvalue weighted by Gasteiger charge is -2.32. The number of rotatable bonds is 6. The number of likely N-dealkylation sites (tertiary alicyclic amines) is 1. The van der Waals surface area contributed by atoms with Gasteiger partial charge in [-0.2, -0.15) is 0 Å². The number of nitrogens with one attached hydrogen (secondary N) is 1. The second-order valence-electron chi connectivity index (χ2n) is 6.63. The zero-order valence-electron chi connectivity index (χ0n) is 14.7. The van der Waals surface area contributed by atoms with Crippen LogP contribution < -0.4 is 5.32 Å². The Morgan fingerprint density at radius 1 is 1.30 bits per heavy atom. The maximum Gasteiger partial charge on any atom is 0.304 e. The van der Waals surface area contributed by atoms with Crippen molar-refractivity contribution in [3.05, 3.63) is 51.0 Å². The minimum Gasteiger partial charge on any atom is -0.368 e. The summed E-state index contributed by atoms with van der Waals surface area (Å²) < 4.78 is 23.4. The zero-order valence-corrected chi connectivity index (χ0v) is 17.1. The van der Waals surface area contributed by atoms with Crippen LogP contribution in [0.5, 0.6) is 0 Å². The van der Waals surface area contributed by atoms with Crippen molar-refractivity contribution in [2.45, 2.75) is 29.6 Å². The van der Waals surface area contributed by atoms with Crippen molar-refractivity contribution >= 4 is 43.5 Å². The van der Waals surface area contributed by atoms with Gasteiger partial charge in [-0.05, 0) is 30.5 Å². The van der Waals surface area contributed by atoms with E-state index in [0.717, 1.165) is 56.1 Å². The van der Waals surface area contributed by atoms with Gasteiger partial charge in [0.25, 0.3) is 0 Å². The minimum absolute atomic E-state index is 0.0110. The molecule has 1 fully saturated rings. The van der Waals surface area contributed by atoms with Gasteiger partial charge in [0.2, 0.25) is 0 Å². The van der Waals surface area contributed by atoms with Gasteiger partial charge in [-0.3, -0.25) is 15.0 Å². The predicted molar refractivity (Wildman–Crippen MR) is 107 cm³/mol. The molecular formula is C17H20ClN3O4S2. The van der Waals surface area contributed by atoms with Crippen LogP contribution in [0.25, 0.3) is 0 Å². The first-order valence-corrected chi connectivity index (χ1v) is 11.5. The molecule has 1 aromatic heterocycles. The first kappa shape index (κ1) is 20.1. The van der Waals surface area contributed by atoms with Crippen molar-refractivity contribution in [2.24, 2.45) is 0 Å². The lowest BCUT2D eigenvalue weighted by atomic mass is 10.0. The maximum atomic E-state index is 11.7. The molecule has 0 unspecified atom stereocenters. The van der Waals surface area contributed by atoms with Crippen molar-refractivity contribution in [2.75, 3.05) is 24.7 Å². The van der Waals surface area contributed by atoms with Crippen molar-refractivity contribution in [1.29, 1.82) is 0 Å². The van der Waals surface area contributed by atoms with E-state index < -0.39 is 14.8 Å². The second kappa shape index (κ2) is 8.14. The first-order valence-electron chi connectivity index (χ1n) is 8.44. The zero-order chi connectivity index (χ0) is 19.6. The third-order valence-electron chi connectivity index (χ3n) is 4.49. The van der Waals surface area contributed by atoms with Gasteiger partial charge in [-0.25, -0.2) is 8.42 Å². The molecule has 0 atom stereocenters. The van der Waals surface area contributed by atoms with Gasteiger partial charge in [-0.1, -0.05) is 35.1 Å². The topological polar surface area (TPSA) is 92.5 Å². The molecule has 2 aromatic rings. The summed E-state index contributed by atoms with van der Waals surface area (Å²) in [5, 5.41) is 15.5. The van der Waals surface area contributed by atoms with Crippen LogP contribution in [0, 0.1) is 10.1 Å². The third kappa shape index (κ3) is 5.19. The van der Waals surface area contributed by atoms with E-state index in [1.807, 2.05) is 24.3 Å². The number of nitro groups is 1. The number of anilines is 1. The Hall–Kier alpha value is -1.68. The molecule has 2 heterocycles. The van der Waals surface area contributed by atoms with Gasteiger partial charge in [0, 0.05) is 43.0 Å². The van der Waals surface area contributed by atoms with Gasteiger partial charge < -0.3 is 5.32 Å². The molecule has 0 saturated carbocycles. The van der Waals surface area contributed by atoms with Crippen molar-refractivity contribution < 1.29 is 13.3 Å². The minimum atomic E-state index is -3.47. The van der Waals surface area contributed by atoms with Crippen LogP contribution in [-0.2, 0) is 16.4 Å². The number of sulfone groups is 1. The highest BCUT2D eigenvalue weighted by Gasteiger charge is 2.27. The Balaban J connectivity index is 1.61. The van der Waals surface area contributed by atoms with Gasteiger partial charge in [0.15, 0.2) is 14.8 Å². The highest BCUT2D eigenvalue weighted by molar-refractivity contribution is 7.92. The van der Waals surface area contributed by atoms with E-state index >= 15 is 0 Å². The molecule has 7 nitrogen and oxygen atoms in total. The predicted octanol–water partition coefficient (Wildman–Crippen LogP) is 3.79. The molecule has 3 rings (SSSR count). The summed E-state index contributed by atoms with van der Waals surface area (Å²) >= 11 is 6.84. The van der Waals surface area contributed by atoms with Crippen LogP contribution in [0.2, 0.25) is 5.02 Å². The van der Waals surface area contributed by atoms with Crippen LogP contribution in [-0.4, -0.2) is 43.6 Å². The number of hydrogen-bond donors (Lipinski definition) is 1. The molecule has 1 aliphatic rings. The molecule has 1 N–H and O–H groups in total. The molecule has 0 spiro atoms. The Labute approximate surface area is 167 Å². The van der Waals surface area contributed by atoms with Crippen LogP contribution in [0.15, 0.2) is 34.5 Å². The highest BCUT2D eigenvalue weighted by Crippen LogP contribution is 2.38. The normalized spacial score (nSPS) is 16.4. The summed E-state index contributed by atoms with van der Waals surface area (Å²) in [5.41, 5.74) is 1.02. The van der Waals surface area contributed by atoms with Gasteiger partial charge in [0.1, 0.15) is 4.21 Å². The van der Waals surface area contributed by atoms with Crippen LogP contribution >= 0.6 is 22.9 Å². The Morgan fingerprint density at radius 3 is 2.48 bits per heavy atom. The molecule has 1 aliphatic heterocycles. The summed E-state index contributed by atoms with van der Waals surface area (Å²) in [4.78, 5) is 13.0. The number of hydrogen-bond acceptors (Lipinski definition) is 7. The van der Waals surface area contributed by atoms with E-state index in [1.54, 1.807) is 0 Å². The third-order valence-corrected chi connectivity index (χ3v) is 7.60. The Kier molecular flexibility index (Phi) is 6.05. The van der Waals surface area contributed by atoms with E-state index in [0.29, 0.717) is 10.0 Å². The van der Waals surface area contributed by atoms with Gasteiger partial charge in [0.05, 0.1) is 4.92 Å². The summed E-state index contributed by atoms with van der Waals surface area (Å²) in [7, 11) is -3.47. The summed E-state index contributed by atoms with van der Waals surface area (Å²) in [5.74, 6) is 0. The van der Waals surface area contributed by atoms with E-state index in [-0.39, 0.29) is 15.9 Å². The number of nitrogens with zero attached hydrogens (tertiary/aromatic N) is 2. The van der Waals surface area contributed by atoms with Crippen molar-refractivity contribution in [3.8, 4) is 0 Å². The molecule has 0 radical (unpaired) electrons. The molecule has 0 amide bonds. The summed E-state index contributed by atoms with van der Waals surface area (Å²) in [6.07, 6.45) is 2.72. The maximum absolute atomic E-state index is 11.7. The first-order chi connectivity index (χ1) is 12.7. The smallest absolute Gasteiger partial charge is 0.304 e. The number of benzene rings is 1. The molecular weight excluding hydrogens is 410 g/mol. The lowest BCUT2D eigenvalue weighted by Crippen LogP contribution is -2.38. The summed E-state index contributed by atoms with van der Waals surface area (Å²) in [6.45, 7) is 2.55. The van der Waals surface area contributed by atoms with Crippen LogP contribution in [0.4, 0.5) is 10.7 Å². The van der Waals surface area contributed by atoms with E-state index in [9.17, 15) is 18.5 Å².